The Morgan fingerprint density at radius 1 is 1.24 bits per heavy atom. The molecule has 7 nitrogen and oxygen atoms in total. The Morgan fingerprint density at radius 3 is 2.79 bits per heavy atom. The van der Waals surface area contributed by atoms with Gasteiger partial charge in [0.1, 0.15) is 11.3 Å². The Labute approximate surface area is 223 Å². The molecule has 0 radical (unpaired) electrons. The van der Waals surface area contributed by atoms with Gasteiger partial charge < -0.3 is 15.0 Å². The summed E-state index contributed by atoms with van der Waals surface area (Å²) in [4.78, 5) is 27.7. The van der Waals surface area contributed by atoms with Gasteiger partial charge in [0.15, 0.2) is 0 Å². The van der Waals surface area contributed by atoms with Crippen molar-refractivity contribution in [1.29, 1.82) is 0 Å². The summed E-state index contributed by atoms with van der Waals surface area (Å²) < 4.78 is 47.3. The van der Waals surface area contributed by atoms with Gasteiger partial charge in [0.2, 0.25) is 5.88 Å². The van der Waals surface area contributed by atoms with Gasteiger partial charge in [-0.05, 0) is 43.0 Å². The number of aromatic nitrogens is 3. The zero-order valence-corrected chi connectivity index (χ0v) is 21.7. The van der Waals surface area contributed by atoms with Crippen LogP contribution in [-0.2, 0) is 11.6 Å². The van der Waals surface area contributed by atoms with Crippen LogP contribution in [0, 0.1) is 5.92 Å². The van der Waals surface area contributed by atoms with Gasteiger partial charge in [-0.25, -0.2) is 9.97 Å². The number of fused-ring (bicyclic) bond motifs is 2. The fraction of sp³-hybridized carbons (Fsp3) is 0.407. The first kappa shape index (κ1) is 26.2. The summed E-state index contributed by atoms with van der Waals surface area (Å²) in [5, 5.41) is 2.58. The molecule has 5 heterocycles. The lowest BCUT2D eigenvalue weighted by molar-refractivity contribution is -0.137. The SMILES string of the molecule is CCOc1ncccc1-c1ccc2c(n1)C(=O)NC[C@]21CCN(c2cncc(Cl)c2C(F)(F)F)C[C@H]1CC. The lowest BCUT2D eigenvalue weighted by atomic mass is 9.63. The van der Waals surface area contributed by atoms with Crippen LogP contribution in [0.5, 0.6) is 5.88 Å². The van der Waals surface area contributed by atoms with Crippen molar-refractivity contribution in [1.82, 2.24) is 20.3 Å². The predicted octanol–water partition coefficient (Wildman–Crippen LogP) is 5.53. The third-order valence-electron chi connectivity index (χ3n) is 7.59. The van der Waals surface area contributed by atoms with Crippen molar-refractivity contribution in [2.45, 2.75) is 38.3 Å². The average molecular weight is 546 g/mol. The van der Waals surface area contributed by atoms with E-state index in [9.17, 15) is 18.0 Å². The minimum Gasteiger partial charge on any atom is -0.477 e. The number of hydrogen-bond donors (Lipinski definition) is 1. The number of carbonyl (C=O) groups is 1. The molecule has 0 bridgehead atoms. The zero-order valence-electron chi connectivity index (χ0n) is 21.0. The second kappa shape index (κ2) is 10.1. The molecule has 2 aliphatic heterocycles. The van der Waals surface area contributed by atoms with Crippen molar-refractivity contribution in [3.8, 4) is 17.1 Å². The van der Waals surface area contributed by atoms with E-state index in [4.69, 9.17) is 21.3 Å². The summed E-state index contributed by atoms with van der Waals surface area (Å²) in [6, 6.07) is 7.41. The molecule has 2 atom stereocenters. The molecule has 0 aliphatic carbocycles. The van der Waals surface area contributed by atoms with Gasteiger partial charge in [-0.1, -0.05) is 31.0 Å². The predicted molar refractivity (Wildman–Crippen MR) is 138 cm³/mol. The number of nitrogens with zero attached hydrogens (tertiary/aromatic N) is 4. The van der Waals surface area contributed by atoms with Crippen molar-refractivity contribution >= 4 is 23.2 Å². The smallest absolute Gasteiger partial charge is 0.419 e. The number of pyridine rings is 3. The number of alkyl halides is 3. The molecule has 1 saturated heterocycles. The molecule has 3 aromatic heterocycles. The number of anilines is 1. The topological polar surface area (TPSA) is 80.2 Å². The summed E-state index contributed by atoms with van der Waals surface area (Å²) in [5.74, 6) is 0.106. The van der Waals surface area contributed by atoms with Crippen LogP contribution in [0.2, 0.25) is 5.02 Å². The molecule has 1 fully saturated rings. The molecule has 3 aromatic rings. The first-order valence-electron chi connectivity index (χ1n) is 12.5. The number of rotatable bonds is 5. The fourth-order valence-corrected chi connectivity index (χ4v) is 6.04. The number of ether oxygens (including phenoxy) is 1. The summed E-state index contributed by atoms with van der Waals surface area (Å²) in [6.07, 6.45) is 0.499. The Kier molecular flexibility index (Phi) is 6.94. The molecule has 38 heavy (non-hydrogen) atoms. The van der Waals surface area contributed by atoms with E-state index in [1.807, 2.05) is 32.0 Å². The number of halogens is 4. The van der Waals surface area contributed by atoms with Crippen molar-refractivity contribution in [2.75, 3.05) is 31.1 Å². The van der Waals surface area contributed by atoms with Crippen molar-refractivity contribution in [3.63, 3.8) is 0 Å². The maximum Gasteiger partial charge on any atom is 0.419 e. The fourth-order valence-electron chi connectivity index (χ4n) is 5.78. The van der Waals surface area contributed by atoms with Gasteiger partial charge in [0.25, 0.3) is 5.91 Å². The van der Waals surface area contributed by atoms with E-state index >= 15 is 0 Å². The molecule has 200 valence electrons. The maximum absolute atomic E-state index is 13.9. The van der Waals surface area contributed by atoms with Crippen LogP contribution in [0.15, 0.2) is 42.9 Å². The molecule has 1 spiro atoms. The van der Waals surface area contributed by atoms with Gasteiger partial charge in [0, 0.05) is 37.4 Å². The van der Waals surface area contributed by atoms with E-state index in [0.717, 1.165) is 11.8 Å². The highest BCUT2D eigenvalue weighted by Crippen LogP contribution is 2.48. The van der Waals surface area contributed by atoms with E-state index in [2.05, 4.69) is 15.3 Å². The monoisotopic (exact) mass is 545 g/mol. The van der Waals surface area contributed by atoms with Gasteiger partial charge in [-0.2, -0.15) is 13.2 Å². The second-order valence-electron chi connectivity index (χ2n) is 9.53. The first-order valence-corrected chi connectivity index (χ1v) is 12.9. The van der Waals surface area contributed by atoms with Crippen molar-refractivity contribution in [2.24, 2.45) is 5.92 Å². The Hall–Kier alpha value is -3.40. The van der Waals surface area contributed by atoms with Crippen molar-refractivity contribution in [3.05, 3.63) is 64.7 Å². The van der Waals surface area contributed by atoms with Crippen LogP contribution >= 0.6 is 11.6 Å². The Balaban J connectivity index is 1.53. The van der Waals surface area contributed by atoms with E-state index in [1.165, 1.54) is 6.20 Å². The van der Waals surface area contributed by atoms with Crippen LogP contribution in [0.25, 0.3) is 11.3 Å². The molecule has 5 rings (SSSR count). The zero-order chi connectivity index (χ0) is 27.1. The molecular formula is C27H27ClF3N5O2. The highest BCUT2D eigenvalue weighted by atomic mass is 35.5. The normalized spacial score (nSPS) is 21.3. The van der Waals surface area contributed by atoms with Gasteiger partial charge >= 0.3 is 6.18 Å². The number of amides is 1. The Bertz CT molecular complexity index is 1370. The minimum atomic E-state index is -4.61. The maximum atomic E-state index is 13.9. The van der Waals surface area contributed by atoms with Gasteiger partial charge in [-0.15, -0.1) is 0 Å². The quantitative estimate of drug-likeness (QED) is 0.454. The minimum absolute atomic E-state index is 0.0214. The summed E-state index contributed by atoms with van der Waals surface area (Å²) in [6.45, 7) is 5.41. The molecule has 2 aliphatic rings. The highest BCUT2D eigenvalue weighted by molar-refractivity contribution is 6.31. The van der Waals surface area contributed by atoms with E-state index in [-0.39, 0.29) is 17.5 Å². The number of nitrogens with one attached hydrogen (secondary N) is 1. The molecular weight excluding hydrogens is 519 g/mol. The summed E-state index contributed by atoms with van der Waals surface area (Å²) in [7, 11) is 0. The lowest BCUT2D eigenvalue weighted by Crippen LogP contribution is -2.58. The third-order valence-corrected chi connectivity index (χ3v) is 7.87. The second-order valence-corrected chi connectivity index (χ2v) is 9.94. The van der Waals surface area contributed by atoms with Gasteiger partial charge in [-0.3, -0.25) is 9.78 Å². The summed E-state index contributed by atoms with van der Waals surface area (Å²) >= 11 is 5.95. The number of hydrogen-bond acceptors (Lipinski definition) is 6. The third kappa shape index (κ3) is 4.44. The van der Waals surface area contributed by atoms with Crippen molar-refractivity contribution < 1.29 is 22.7 Å². The molecule has 0 saturated carbocycles. The van der Waals surface area contributed by atoms with Gasteiger partial charge in [0.05, 0.1) is 34.8 Å². The van der Waals surface area contributed by atoms with E-state index < -0.39 is 22.2 Å². The number of piperidine rings is 1. The van der Waals surface area contributed by atoms with E-state index in [1.54, 1.807) is 17.2 Å². The molecule has 0 aromatic carbocycles. The summed E-state index contributed by atoms with van der Waals surface area (Å²) in [5.41, 5.74) is 1.03. The van der Waals surface area contributed by atoms with E-state index in [0.29, 0.717) is 61.9 Å². The van der Waals surface area contributed by atoms with Crippen LogP contribution in [0.3, 0.4) is 0 Å². The van der Waals surface area contributed by atoms with Crippen LogP contribution in [0.1, 0.15) is 48.3 Å². The largest absolute Gasteiger partial charge is 0.477 e. The first-order chi connectivity index (χ1) is 18.2. The standard InChI is InChI=1S/C27H27ClF3N5O2/c1-3-16-14-36(21-13-32-12-19(28)22(21)27(29,30)31)11-9-26(16)15-34-24(37)23-18(26)7-8-20(35-23)17-6-5-10-33-25(17)38-4-2/h5-8,10,12-13,16H,3-4,9,11,14-15H2,1-2H3,(H,34,37)/t16-,26+/m1/s1. The van der Waals surface area contributed by atoms with Crippen LogP contribution in [0.4, 0.5) is 18.9 Å². The number of carbonyl (C=O) groups excluding carboxylic acids is 1. The molecule has 1 amide bonds. The lowest BCUT2D eigenvalue weighted by Gasteiger charge is -2.51. The highest BCUT2D eigenvalue weighted by Gasteiger charge is 2.49. The molecule has 11 heteroatoms. The van der Waals surface area contributed by atoms with Crippen LogP contribution in [-0.4, -0.2) is 47.1 Å². The van der Waals surface area contributed by atoms with Crippen LogP contribution < -0.4 is 15.0 Å². The Morgan fingerprint density at radius 2 is 2.05 bits per heavy atom. The molecule has 0 unspecified atom stereocenters. The average Bonchev–Trinajstić information content (AvgIpc) is 2.90. The molecule has 1 N–H and O–H groups in total.